The molecule has 1 fully saturated rings. The number of sulfonamides is 1. The summed E-state index contributed by atoms with van der Waals surface area (Å²) in [5, 5.41) is 10.2. The van der Waals surface area contributed by atoms with E-state index in [9.17, 15) is 18.3 Å². The van der Waals surface area contributed by atoms with Crippen LogP contribution >= 0.6 is 23.2 Å². The Kier molecular flexibility index (Phi) is 6.76. The van der Waals surface area contributed by atoms with Crippen LogP contribution in [-0.4, -0.2) is 52.5 Å². The number of aliphatic hydroxyl groups excluding tert-OH is 1. The summed E-state index contributed by atoms with van der Waals surface area (Å²) in [6.45, 7) is 0.341. The SMILES string of the molecule is Cn1c(-c2cc(-c3c(S(=O)(=O)N4CCC(O)CC4)ccc(C(N)=O)c3Cl)ccc2Cl)nc2ccccc21. The molecule has 0 saturated carbocycles. The third-order valence-corrected chi connectivity index (χ3v) is 9.36. The lowest BCUT2D eigenvalue weighted by Crippen LogP contribution is -2.40. The molecule has 0 radical (unpaired) electrons. The van der Waals surface area contributed by atoms with Crippen LogP contribution < -0.4 is 5.73 Å². The highest BCUT2D eigenvalue weighted by Gasteiger charge is 2.33. The number of aromatic nitrogens is 2. The Labute approximate surface area is 224 Å². The van der Waals surface area contributed by atoms with Crippen LogP contribution in [0.1, 0.15) is 23.2 Å². The number of benzene rings is 3. The minimum absolute atomic E-state index is 0.00362. The molecule has 0 atom stereocenters. The predicted octanol–water partition coefficient (Wildman–Crippen LogP) is 4.46. The molecule has 8 nitrogen and oxygen atoms in total. The lowest BCUT2D eigenvalue weighted by atomic mass is 10.00. The van der Waals surface area contributed by atoms with Crippen LogP contribution in [0.15, 0.2) is 59.5 Å². The Morgan fingerprint density at radius 1 is 1.08 bits per heavy atom. The van der Waals surface area contributed by atoms with Gasteiger partial charge in [-0.2, -0.15) is 4.31 Å². The fraction of sp³-hybridized carbons (Fsp3) is 0.231. The third kappa shape index (κ3) is 4.51. The molecule has 3 aromatic carbocycles. The predicted molar refractivity (Wildman–Crippen MR) is 144 cm³/mol. The summed E-state index contributed by atoms with van der Waals surface area (Å²) in [4.78, 5) is 16.8. The van der Waals surface area contributed by atoms with Crippen LogP contribution in [0.25, 0.3) is 33.5 Å². The first-order chi connectivity index (χ1) is 17.6. The molecule has 11 heteroatoms. The second-order valence-electron chi connectivity index (χ2n) is 8.98. The van der Waals surface area contributed by atoms with Gasteiger partial charge in [0.1, 0.15) is 5.82 Å². The first-order valence-corrected chi connectivity index (χ1v) is 13.8. The van der Waals surface area contributed by atoms with Crippen molar-refractivity contribution in [3.63, 3.8) is 0 Å². The van der Waals surface area contributed by atoms with Crippen LogP contribution in [-0.2, 0) is 17.1 Å². The molecule has 5 rings (SSSR count). The van der Waals surface area contributed by atoms with E-state index in [-0.39, 0.29) is 34.1 Å². The summed E-state index contributed by atoms with van der Waals surface area (Å²) in [5.41, 5.74) is 8.40. The number of hydrogen-bond acceptors (Lipinski definition) is 5. The third-order valence-electron chi connectivity index (χ3n) is 6.69. The van der Waals surface area contributed by atoms with Crippen LogP contribution in [0.4, 0.5) is 0 Å². The van der Waals surface area contributed by atoms with Crippen molar-refractivity contribution in [2.75, 3.05) is 13.1 Å². The number of aryl methyl sites for hydroxylation is 1. The first kappa shape index (κ1) is 25.7. The van der Waals surface area contributed by atoms with Crippen molar-refractivity contribution in [3.05, 3.63) is 70.2 Å². The number of primary amides is 1. The van der Waals surface area contributed by atoms with Gasteiger partial charge in [0.15, 0.2) is 0 Å². The second-order valence-corrected chi connectivity index (χ2v) is 11.7. The summed E-state index contributed by atoms with van der Waals surface area (Å²) in [5.74, 6) is -0.189. The minimum atomic E-state index is -4.01. The molecule has 0 bridgehead atoms. The van der Waals surface area contributed by atoms with Gasteiger partial charge in [0.05, 0.1) is 37.6 Å². The largest absolute Gasteiger partial charge is 0.393 e. The number of nitrogens with zero attached hydrogens (tertiary/aromatic N) is 3. The average molecular weight is 559 g/mol. The van der Waals surface area contributed by atoms with Crippen molar-refractivity contribution in [2.24, 2.45) is 12.8 Å². The number of hydrogen-bond donors (Lipinski definition) is 2. The van der Waals surface area contributed by atoms with Crippen molar-refractivity contribution in [1.82, 2.24) is 13.9 Å². The zero-order valence-corrected chi connectivity index (χ0v) is 22.2. The zero-order chi connectivity index (χ0) is 26.5. The van der Waals surface area contributed by atoms with Gasteiger partial charge in [-0.25, -0.2) is 13.4 Å². The molecule has 0 unspecified atom stereocenters. The van der Waals surface area contributed by atoms with Gasteiger partial charge in [-0.05, 0) is 54.8 Å². The number of para-hydroxylation sites is 2. The van der Waals surface area contributed by atoms with E-state index in [1.165, 1.54) is 16.4 Å². The molecule has 192 valence electrons. The summed E-state index contributed by atoms with van der Waals surface area (Å²) in [6, 6.07) is 15.3. The molecule has 4 aromatic rings. The Hall–Kier alpha value is -2.95. The highest BCUT2D eigenvalue weighted by molar-refractivity contribution is 7.89. The van der Waals surface area contributed by atoms with Gasteiger partial charge in [-0.3, -0.25) is 4.79 Å². The molecule has 3 N–H and O–H groups in total. The standard InChI is InChI=1S/C26H24Cl2N4O4S/c1-31-21-5-3-2-4-20(21)30-26(31)18-14-15(6-8-19(18)27)23-22(9-7-17(24(23)28)25(29)34)37(35,36)32-12-10-16(33)11-13-32/h2-9,14,16,33H,10-13H2,1H3,(H2,29,34). The number of amides is 1. The maximum absolute atomic E-state index is 13.7. The molecule has 1 aliphatic rings. The first-order valence-electron chi connectivity index (χ1n) is 11.6. The number of nitrogens with two attached hydrogens (primary N) is 1. The van der Waals surface area contributed by atoms with Gasteiger partial charge >= 0.3 is 0 Å². The fourth-order valence-electron chi connectivity index (χ4n) is 4.69. The lowest BCUT2D eigenvalue weighted by molar-refractivity contribution is 0.1000. The van der Waals surface area contributed by atoms with Crippen LogP contribution in [0.2, 0.25) is 10.0 Å². The van der Waals surface area contributed by atoms with Crippen molar-refractivity contribution < 1.29 is 18.3 Å². The van der Waals surface area contributed by atoms with Gasteiger partial charge in [-0.1, -0.05) is 41.4 Å². The summed E-state index contributed by atoms with van der Waals surface area (Å²) in [7, 11) is -2.14. The van der Waals surface area contributed by atoms with Crippen LogP contribution in [0.5, 0.6) is 0 Å². The Balaban J connectivity index is 1.72. The molecular weight excluding hydrogens is 535 g/mol. The highest BCUT2D eigenvalue weighted by atomic mass is 35.5. The number of carbonyl (C=O) groups excluding carboxylic acids is 1. The number of aliphatic hydroxyl groups is 1. The molecule has 2 heterocycles. The van der Waals surface area contributed by atoms with E-state index >= 15 is 0 Å². The molecule has 1 aliphatic heterocycles. The Bertz CT molecular complexity index is 1640. The lowest BCUT2D eigenvalue weighted by Gasteiger charge is -2.29. The number of piperidine rings is 1. The summed E-state index contributed by atoms with van der Waals surface area (Å²) in [6.07, 6.45) is 0.123. The van der Waals surface area contributed by atoms with E-state index in [1.807, 2.05) is 35.9 Å². The van der Waals surface area contributed by atoms with Gasteiger partial charge in [0.25, 0.3) is 0 Å². The number of imidazole rings is 1. The summed E-state index contributed by atoms with van der Waals surface area (Å²) >= 11 is 13.3. The van der Waals surface area contributed by atoms with E-state index in [0.717, 1.165) is 11.0 Å². The van der Waals surface area contributed by atoms with Gasteiger partial charge in [-0.15, -0.1) is 0 Å². The quantitative estimate of drug-likeness (QED) is 0.375. The Morgan fingerprint density at radius 2 is 1.78 bits per heavy atom. The molecule has 37 heavy (non-hydrogen) atoms. The Morgan fingerprint density at radius 3 is 2.46 bits per heavy atom. The molecular formula is C26H24Cl2N4O4S. The summed E-state index contributed by atoms with van der Waals surface area (Å²) < 4.78 is 30.7. The van der Waals surface area contributed by atoms with E-state index in [4.69, 9.17) is 33.9 Å². The topological polar surface area (TPSA) is 119 Å². The number of carbonyl (C=O) groups is 1. The average Bonchev–Trinajstić information content (AvgIpc) is 3.20. The normalized spacial score (nSPS) is 15.4. The molecule has 1 aromatic heterocycles. The maximum atomic E-state index is 13.7. The van der Waals surface area contributed by atoms with E-state index in [2.05, 4.69) is 0 Å². The van der Waals surface area contributed by atoms with Crippen molar-refractivity contribution in [1.29, 1.82) is 0 Å². The highest BCUT2D eigenvalue weighted by Crippen LogP contribution is 2.41. The molecule has 1 saturated heterocycles. The van der Waals surface area contributed by atoms with E-state index in [0.29, 0.717) is 34.8 Å². The molecule has 0 spiro atoms. The van der Waals surface area contributed by atoms with Crippen LogP contribution in [0.3, 0.4) is 0 Å². The fourth-order valence-corrected chi connectivity index (χ4v) is 7.01. The van der Waals surface area contributed by atoms with Crippen molar-refractivity contribution in [3.8, 4) is 22.5 Å². The monoisotopic (exact) mass is 558 g/mol. The van der Waals surface area contributed by atoms with Crippen LogP contribution in [0, 0.1) is 0 Å². The van der Waals surface area contributed by atoms with Crippen molar-refractivity contribution >= 4 is 50.2 Å². The second kappa shape index (κ2) is 9.74. The smallest absolute Gasteiger partial charge is 0.250 e. The van der Waals surface area contributed by atoms with Gasteiger partial charge < -0.3 is 15.4 Å². The number of halogens is 2. The van der Waals surface area contributed by atoms with Gasteiger partial charge in [0.2, 0.25) is 15.9 Å². The zero-order valence-electron chi connectivity index (χ0n) is 19.9. The number of fused-ring (bicyclic) bond motifs is 1. The van der Waals surface area contributed by atoms with Crippen molar-refractivity contribution in [2.45, 2.75) is 23.8 Å². The van der Waals surface area contributed by atoms with E-state index in [1.54, 1.807) is 18.2 Å². The van der Waals surface area contributed by atoms with E-state index < -0.39 is 22.0 Å². The minimum Gasteiger partial charge on any atom is -0.393 e. The molecule has 0 aliphatic carbocycles. The number of rotatable bonds is 5. The molecule has 1 amide bonds. The van der Waals surface area contributed by atoms with Gasteiger partial charge in [0, 0.05) is 31.3 Å². The maximum Gasteiger partial charge on any atom is 0.250 e.